The molecule has 0 bridgehead atoms. The minimum atomic E-state index is -0.200. The molecule has 15 heavy (non-hydrogen) atoms. The van der Waals surface area contributed by atoms with E-state index in [1.165, 1.54) is 0 Å². The molecule has 0 unspecified atom stereocenters. The molecule has 0 aliphatic rings. The number of aromatic nitrogens is 1. The molecule has 4 nitrogen and oxygen atoms in total. The van der Waals surface area contributed by atoms with Gasteiger partial charge in [-0.1, -0.05) is 19.9 Å². The molecule has 2 N–H and O–H groups in total. The molecule has 2 amide bonds. The fraction of sp³-hybridized carbons (Fsp3) is 0.455. The van der Waals surface area contributed by atoms with Crippen molar-refractivity contribution in [1.29, 1.82) is 0 Å². The highest BCUT2D eigenvalue weighted by Crippen LogP contribution is 1.99. The molecule has 0 saturated heterocycles. The van der Waals surface area contributed by atoms with Crippen LogP contribution >= 0.6 is 0 Å². The summed E-state index contributed by atoms with van der Waals surface area (Å²) >= 11 is 0. The molecule has 0 radical (unpaired) electrons. The van der Waals surface area contributed by atoms with Crippen LogP contribution in [0.1, 0.15) is 20.3 Å². The first kappa shape index (κ1) is 11.5. The van der Waals surface area contributed by atoms with Crippen molar-refractivity contribution < 1.29 is 4.79 Å². The van der Waals surface area contributed by atoms with Crippen LogP contribution in [0, 0.1) is 5.92 Å². The second-order valence-corrected chi connectivity index (χ2v) is 3.78. The van der Waals surface area contributed by atoms with Gasteiger partial charge in [-0.25, -0.2) is 9.78 Å². The Morgan fingerprint density at radius 1 is 1.47 bits per heavy atom. The van der Waals surface area contributed by atoms with E-state index in [1.807, 2.05) is 12.1 Å². The predicted molar refractivity (Wildman–Crippen MR) is 60.7 cm³/mol. The van der Waals surface area contributed by atoms with E-state index in [9.17, 15) is 4.79 Å². The van der Waals surface area contributed by atoms with Crippen LogP contribution < -0.4 is 10.6 Å². The SMILES string of the molecule is CC(C)CCNC(=O)Nc1ccccn1. The Bertz CT molecular complexity index is 298. The number of carbonyl (C=O) groups excluding carboxylic acids is 1. The Morgan fingerprint density at radius 2 is 2.27 bits per heavy atom. The quantitative estimate of drug-likeness (QED) is 0.795. The summed E-state index contributed by atoms with van der Waals surface area (Å²) in [7, 11) is 0. The van der Waals surface area contributed by atoms with Crippen molar-refractivity contribution in [2.75, 3.05) is 11.9 Å². The zero-order valence-corrected chi connectivity index (χ0v) is 9.16. The van der Waals surface area contributed by atoms with Gasteiger partial charge in [-0.15, -0.1) is 0 Å². The second-order valence-electron chi connectivity index (χ2n) is 3.78. The largest absolute Gasteiger partial charge is 0.338 e. The minimum Gasteiger partial charge on any atom is -0.338 e. The van der Waals surface area contributed by atoms with Crippen molar-refractivity contribution in [2.24, 2.45) is 5.92 Å². The van der Waals surface area contributed by atoms with Gasteiger partial charge >= 0.3 is 6.03 Å². The molecule has 0 atom stereocenters. The summed E-state index contributed by atoms with van der Waals surface area (Å²) < 4.78 is 0. The molecule has 1 aromatic heterocycles. The lowest BCUT2D eigenvalue weighted by molar-refractivity contribution is 0.251. The maximum atomic E-state index is 11.3. The molecule has 1 heterocycles. The smallest absolute Gasteiger partial charge is 0.320 e. The van der Waals surface area contributed by atoms with Crippen LogP contribution in [0.4, 0.5) is 10.6 Å². The summed E-state index contributed by atoms with van der Waals surface area (Å²) in [5.41, 5.74) is 0. The number of carbonyl (C=O) groups is 1. The molecule has 0 fully saturated rings. The number of anilines is 1. The summed E-state index contributed by atoms with van der Waals surface area (Å²) in [5.74, 6) is 1.17. The Hall–Kier alpha value is -1.58. The van der Waals surface area contributed by atoms with Gasteiger partial charge in [0.25, 0.3) is 0 Å². The lowest BCUT2D eigenvalue weighted by Gasteiger charge is -2.07. The standard InChI is InChI=1S/C11H17N3O/c1-9(2)6-8-13-11(15)14-10-5-3-4-7-12-10/h3-5,7,9H,6,8H2,1-2H3,(H2,12,13,14,15). The van der Waals surface area contributed by atoms with Gasteiger partial charge in [-0.3, -0.25) is 5.32 Å². The number of amides is 2. The van der Waals surface area contributed by atoms with Crippen molar-refractivity contribution in [1.82, 2.24) is 10.3 Å². The van der Waals surface area contributed by atoms with Crippen LogP contribution in [-0.4, -0.2) is 17.6 Å². The van der Waals surface area contributed by atoms with E-state index in [2.05, 4.69) is 29.5 Å². The van der Waals surface area contributed by atoms with E-state index in [1.54, 1.807) is 12.3 Å². The van der Waals surface area contributed by atoms with Gasteiger partial charge in [0.2, 0.25) is 0 Å². The average Bonchev–Trinajstić information content (AvgIpc) is 2.18. The normalized spacial score (nSPS) is 10.1. The second kappa shape index (κ2) is 6.01. The van der Waals surface area contributed by atoms with Crippen LogP contribution in [0.15, 0.2) is 24.4 Å². The summed E-state index contributed by atoms with van der Waals surface area (Å²) in [6.07, 6.45) is 2.62. The fourth-order valence-electron chi connectivity index (χ4n) is 1.07. The number of nitrogens with one attached hydrogen (secondary N) is 2. The minimum absolute atomic E-state index is 0.200. The molecule has 1 aromatic rings. The predicted octanol–water partition coefficient (Wildman–Crippen LogP) is 2.25. The van der Waals surface area contributed by atoms with Crippen LogP contribution in [0.25, 0.3) is 0 Å². The van der Waals surface area contributed by atoms with Crippen molar-refractivity contribution in [3.05, 3.63) is 24.4 Å². The molecule has 0 spiro atoms. The third-order valence-electron chi connectivity index (χ3n) is 1.91. The van der Waals surface area contributed by atoms with E-state index in [4.69, 9.17) is 0 Å². The summed E-state index contributed by atoms with van der Waals surface area (Å²) in [6, 6.07) is 5.19. The Balaban J connectivity index is 2.25. The molecule has 0 aliphatic carbocycles. The van der Waals surface area contributed by atoms with Crippen molar-refractivity contribution in [3.8, 4) is 0 Å². The number of hydrogen-bond acceptors (Lipinski definition) is 2. The molecule has 4 heteroatoms. The molecule has 1 rings (SSSR count). The first-order valence-electron chi connectivity index (χ1n) is 5.14. The fourth-order valence-corrected chi connectivity index (χ4v) is 1.07. The molecule has 0 saturated carbocycles. The van der Waals surface area contributed by atoms with Crippen molar-refractivity contribution in [2.45, 2.75) is 20.3 Å². The van der Waals surface area contributed by atoms with Crippen LogP contribution in [-0.2, 0) is 0 Å². The summed E-state index contributed by atoms with van der Waals surface area (Å²) in [4.78, 5) is 15.3. The molecule has 82 valence electrons. The van der Waals surface area contributed by atoms with E-state index < -0.39 is 0 Å². The molecule has 0 aliphatic heterocycles. The van der Waals surface area contributed by atoms with E-state index in [-0.39, 0.29) is 6.03 Å². The zero-order chi connectivity index (χ0) is 11.1. The van der Waals surface area contributed by atoms with Crippen LogP contribution in [0.3, 0.4) is 0 Å². The molecule has 0 aromatic carbocycles. The molecular formula is C11H17N3O. The first-order valence-corrected chi connectivity index (χ1v) is 5.14. The van der Waals surface area contributed by atoms with Gasteiger partial charge in [-0.2, -0.15) is 0 Å². The van der Waals surface area contributed by atoms with Gasteiger partial charge in [-0.05, 0) is 24.5 Å². The number of hydrogen-bond donors (Lipinski definition) is 2. The third-order valence-corrected chi connectivity index (χ3v) is 1.91. The number of nitrogens with zero attached hydrogens (tertiary/aromatic N) is 1. The monoisotopic (exact) mass is 207 g/mol. The number of rotatable bonds is 4. The maximum absolute atomic E-state index is 11.3. The highest BCUT2D eigenvalue weighted by Gasteiger charge is 2.01. The van der Waals surface area contributed by atoms with E-state index in [0.29, 0.717) is 18.3 Å². The maximum Gasteiger partial charge on any atom is 0.320 e. The van der Waals surface area contributed by atoms with Crippen molar-refractivity contribution >= 4 is 11.8 Å². The van der Waals surface area contributed by atoms with Gasteiger partial charge in [0.15, 0.2) is 0 Å². The topological polar surface area (TPSA) is 54.0 Å². The van der Waals surface area contributed by atoms with Crippen molar-refractivity contribution in [3.63, 3.8) is 0 Å². The Morgan fingerprint density at radius 3 is 2.87 bits per heavy atom. The lowest BCUT2D eigenvalue weighted by Crippen LogP contribution is -2.30. The Kier molecular flexibility index (Phi) is 4.60. The van der Waals surface area contributed by atoms with Crippen LogP contribution in [0.2, 0.25) is 0 Å². The summed E-state index contributed by atoms with van der Waals surface area (Å²) in [6.45, 7) is 4.94. The number of pyridine rings is 1. The van der Waals surface area contributed by atoms with Gasteiger partial charge in [0.1, 0.15) is 5.82 Å². The van der Waals surface area contributed by atoms with Gasteiger partial charge in [0.05, 0.1) is 0 Å². The third kappa shape index (κ3) is 5.00. The van der Waals surface area contributed by atoms with Crippen LogP contribution in [0.5, 0.6) is 0 Å². The molecular weight excluding hydrogens is 190 g/mol. The zero-order valence-electron chi connectivity index (χ0n) is 9.16. The average molecular weight is 207 g/mol. The van der Waals surface area contributed by atoms with E-state index >= 15 is 0 Å². The number of urea groups is 1. The van der Waals surface area contributed by atoms with Gasteiger partial charge in [0, 0.05) is 12.7 Å². The highest BCUT2D eigenvalue weighted by molar-refractivity contribution is 5.88. The van der Waals surface area contributed by atoms with E-state index in [0.717, 1.165) is 6.42 Å². The lowest BCUT2D eigenvalue weighted by atomic mass is 10.1. The van der Waals surface area contributed by atoms with Gasteiger partial charge < -0.3 is 5.32 Å². The Labute approximate surface area is 90.1 Å². The highest BCUT2D eigenvalue weighted by atomic mass is 16.2. The summed E-state index contributed by atoms with van der Waals surface area (Å²) in [5, 5.41) is 5.43. The first-order chi connectivity index (χ1) is 7.18.